The maximum absolute atomic E-state index is 6.15. The first-order valence-corrected chi connectivity index (χ1v) is 7.53. The number of nitrogens with zero attached hydrogens (tertiary/aromatic N) is 2. The molecular weight excluding hydrogens is 324 g/mol. The Labute approximate surface area is 127 Å². The van der Waals surface area contributed by atoms with E-state index in [1.165, 1.54) is 11.1 Å². The second-order valence-electron chi connectivity index (χ2n) is 4.60. The Morgan fingerprint density at radius 2 is 1.84 bits per heavy atom. The van der Waals surface area contributed by atoms with E-state index in [2.05, 4.69) is 64.0 Å². The van der Waals surface area contributed by atoms with Crippen LogP contribution < -0.4 is 0 Å². The molecule has 0 spiro atoms. The average Bonchev–Trinajstić information content (AvgIpc) is 2.38. The van der Waals surface area contributed by atoms with Crippen molar-refractivity contribution in [2.24, 2.45) is 0 Å². The standard InChI is InChI=1S/C15H16BrClN2/c1-3-4-12-14(16)15(17)19-13(18-12)9-11-7-5-10(2)6-8-11/h5-8H,3-4,9H2,1-2H3. The Bertz CT molecular complexity index is 567. The van der Waals surface area contributed by atoms with E-state index in [9.17, 15) is 0 Å². The number of hydrogen-bond acceptors (Lipinski definition) is 2. The molecule has 4 heteroatoms. The molecule has 0 radical (unpaired) electrons. The first-order valence-electron chi connectivity index (χ1n) is 6.36. The van der Waals surface area contributed by atoms with E-state index >= 15 is 0 Å². The predicted molar refractivity (Wildman–Crippen MR) is 82.7 cm³/mol. The summed E-state index contributed by atoms with van der Waals surface area (Å²) < 4.78 is 0.823. The summed E-state index contributed by atoms with van der Waals surface area (Å²) >= 11 is 9.60. The second-order valence-corrected chi connectivity index (χ2v) is 5.75. The molecule has 0 aliphatic rings. The van der Waals surface area contributed by atoms with Gasteiger partial charge in [-0.2, -0.15) is 0 Å². The fraction of sp³-hybridized carbons (Fsp3) is 0.333. The van der Waals surface area contributed by atoms with Gasteiger partial charge in [-0.25, -0.2) is 9.97 Å². The van der Waals surface area contributed by atoms with Crippen LogP contribution in [0.15, 0.2) is 28.7 Å². The van der Waals surface area contributed by atoms with Gasteiger partial charge in [0.15, 0.2) is 0 Å². The molecule has 0 fully saturated rings. The van der Waals surface area contributed by atoms with Gasteiger partial charge in [0, 0.05) is 6.42 Å². The average molecular weight is 340 g/mol. The minimum atomic E-state index is 0.501. The van der Waals surface area contributed by atoms with E-state index in [4.69, 9.17) is 11.6 Å². The van der Waals surface area contributed by atoms with Crippen LogP contribution in [-0.2, 0) is 12.8 Å². The van der Waals surface area contributed by atoms with Crippen molar-refractivity contribution in [1.82, 2.24) is 9.97 Å². The van der Waals surface area contributed by atoms with Crippen LogP contribution in [0.1, 0.15) is 36.0 Å². The van der Waals surface area contributed by atoms with Crippen molar-refractivity contribution in [1.29, 1.82) is 0 Å². The minimum absolute atomic E-state index is 0.501. The summed E-state index contributed by atoms with van der Waals surface area (Å²) in [6, 6.07) is 8.41. The van der Waals surface area contributed by atoms with Crippen molar-refractivity contribution in [3.05, 3.63) is 56.5 Å². The van der Waals surface area contributed by atoms with Crippen LogP contribution in [-0.4, -0.2) is 9.97 Å². The molecule has 2 aromatic rings. The smallest absolute Gasteiger partial charge is 0.147 e. The maximum atomic E-state index is 6.15. The Morgan fingerprint density at radius 3 is 2.47 bits per heavy atom. The van der Waals surface area contributed by atoms with Gasteiger partial charge in [-0.1, -0.05) is 54.8 Å². The van der Waals surface area contributed by atoms with Crippen LogP contribution in [0, 0.1) is 6.92 Å². The molecular formula is C15H16BrClN2. The zero-order valence-corrected chi connectivity index (χ0v) is 13.4. The summed E-state index contributed by atoms with van der Waals surface area (Å²) in [4.78, 5) is 8.94. The zero-order valence-electron chi connectivity index (χ0n) is 11.1. The molecule has 0 unspecified atom stereocenters. The van der Waals surface area contributed by atoms with Gasteiger partial charge in [-0.15, -0.1) is 0 Å². The largest absolute Gasteiger partial charge is 0.236 e. The van der Waals surface area contributed by atoms with Crippen molar-refractivity contribution >= 4 is 27.5 Å². The van der Waals surface area contributed by atoms with E-state index in [1.54, 1.807) is 0 Å². The van der Waals surface area contributed by atoms with Crippen LogP contribution in [0.3, 0.4) is 0 Å². The van der Waals surface area contributed by atoms with Gasteiger partial charge < -0.3 is 0 Å². The van der Waals surface area contributed by atoms with Gasteiger partial charge in [-0.05, 0) is 34.8 Å². The van der Waals surface area contributed by atoms with Gasteiger partial charge in [0.05, 0.1) is 10.2 Å². The van der Waals surface area contributed by atoms with Crippen LogP contribution in [0.25, 0.3) is 0 Å². The van der Waals surface area contributed by atoms with Gasteiger partial charge in [0.25, 0.3) is 0 Å². The number of hydrogen-bond donors (Lipinski definition) is 0. The fourth-order valence-electron chi connectivity index (χ4n) is 1.88. The lowest BCUT2D eigenvalue weighted by molar-refractivity contribution is 0.834. The van der Waals surface area contributed by atoms with Gasteiger partial charge in [-0.3, -0.25) is 0 Å². The van der Waals surface area contributed by atoms with Crippen molar-refractivity contribution < 1.29 is 0 Å². The lowest BCUT2D eigenvalue weighted by atomic mass is 10.1. The second kappa shape index (κ2) is 6.49. The summed E-state index contributed by atoms with van der Waals surface area (Å²) in [6.45, 7) is 4.21. The first-order chi connectivity index (χ1) is 9.10. The topological polar surface area (TPSA) is 25.8 Å². The number of benzene rings is 1. The number of rotatable bonds is 4. The highest BCUT2D eigenvalue weighted by molar-refractivity contribution is 9.10. The van der Waals surface area contributed by atoms with E-state index in [1.807, 2.05) is 0 Å². The third-order valence-corrected chi connectivity index (χ3v) is 4.23. The SMILES string of the molecule is CCCc1nc(Cc2ccc(C)cc2)nc(Cl)c1Br. The van der Waals surface area contributed by atoms with Crippen LogP contribution in [0.2, 0.25) is 5.15 Å². The summed E-state index contributed by atoms with van der Waals surface area (Å²) in [5.41, 5.74) is 3.45. The Morgan fingerprint density at radius 1 is 1.16 bits per heavy atom. The lowest BCUT2D eigenvalue weighted by Gasteiger charge is -2.07. The van der Waals surface area contributed by atoms with Gasteiger partial charge in [0.2, 0.25) is 0 Å². The summed E-state index contributed by atoms with van der Waals surface area (Å²) in [6.07, 6.45) is 2.66. The van der Waals surface area contributed by atoms with E-state index in [-0.39, 0.29) is 0 Å². The molecule has 1 aromatic carbocycles. The highest BCUT2D eigenvalue weighted by Crippen LogP contribution is 2.25. The number of aryl methyl sites for hydroxylation is 2. The van der Waals surface area contributed by atoms with Gasteiger partial charge >= 0.3 is 0 Å². The van der Waals surface area contributed by atoms with Crippen molar-refractivity contribution in [3.8, 4) is 0 Å². The maximum Gasteiger partial charge on any atom is 0.147 e. The van der Waals surface area contributed by atoms with Crippen LogP contribution >= 0.6 is 27.5 Å². The third kappa shape index (κ3) is 3.77. The first kappa shape index (κ1) is 14.5. The highest BCUT2D eigenvalue weighted by atomic mass is 79.9. The number of aromatic nitrogens is 2. The molecule has 0 bridgehead atoms. The highest BCUT2D eigenvalue weighted by Gasteiger charge is 2.10. The quantitative estimate of drug-likeness (QED) is 0.752. The van der Waals surface area contributed by atoms with Crippen molar-refractivity contribution in [2.75, 3.05) is 0 Å². The van der Waals surface area contributed by atoms with Crippen LogP contribution in [0.5, 0.6) is 0 Å². The van der Waals surface area contributed by atoms with E-state index in [0.29, 0.717) is 11.6 Å². The molecule has 0 aliphatic heterocycles. The molecule has 2 rings (SSSR count). The Balaban J connectivity index is 2.27. The molecule has 2 nitrogen and oxygen atoms in total. The monoisotopic (exact) mass is 338 g/mol. The Kier molecular flexibility index (Phi) is 4.94. The Hall–Kier alpha value is -0.930. The summed E-state index contributed by atoms with van der Waals surface area (Å²) in [5.74, 6) is 0.778. The van der Waals surface area contributed by atoms with Gasteiger partial charge in [0.1, 0.15) is 11.0 Å². The summed E-state index contributed by atoms with van der Waals surface area (Å²) in [7, 11) is 0. The third-order valence-electron chi connectivity index (χ3n) is 2.90. The molecule has 0 saturated heterocycles. The normalized spacial score (nSPS) is 10.7. The summed E-state index contributed by atoms with van der Waals surface area (Å²) in [5, 5.41) is 0.501. The fourth-order valence-corrected chi connectivity index (χ4v) is 2.46. The molecule has 0 atom stereocenters. The molecule has 0 aliphatic carbocycles. The molecule has 0 N–H and O–H groups in total. The molecule has 1 aromatic heterocycles. The minimum Gasteiger partial charge on any atom is -0.236 e. The van der Waals surface area contributed by atoms with Crippen LogP contribution in [0.4, 0.5) is 0 Å². The van der Waals surface area contributed by atoms with E-state index in [0.717, 1.165) is 28.8 Å². The molecule has 0 saturated carbocycles. The molecule has 19 heavy (non-hydrogen) atoms. The number of halogens is 2. The van der Waals surface area contributed by atoms with E-state index < -0.39 is 0 Å². The lowest BCUT2D eigenvalue weighted by Crippen LogP contribution is -2.02. The molecule has 100 valence electrons. The van der Waals surface area contributed by atoms with Crippen molar-refractivity contribution in [2.45, 2.75) is 33.1 Å². The molecule has 0 amide bonds. The van der Waals surface area contributed by atoms with Crippen molar-refractivity contribution in [3.63, 3.8) is 0 Å². The zero-order chi connectivity index (χ0) is 13.8. The molecule has 1 heterocycles. The predicted octanol–water partition coefficient (Wildman–Crippen LogP) is 4.74.